The Balaban J connectivity index is 2.39. The first kappa shape index (κ1) is 7.94. The monoisotopic (exact) mass is 147 g/mol. The molecule has 4 heteroatoms. The minimum atomic E-state index is -1.68. The van der Waals surface area contributed by atoms with E-state index in [4.69, 9.17) is 14.9 Å². The van der Waals surface area contributed by atoms with Crippen molar-refractivity contribution in [3.63, 3.8) is 0 Å². The van der Waals surface area contributed by atoms with E-state index in [1.807, 2.05) is 0 Å². The Kier molecular flexibility index (Phi) is 2.25. The van der Waals surface area contributed by atoms with E-state index >= 15 is 0 Å². The largest absolute Gasteiger partial charge is 0.379 e. The summed E-state index contributed by atoms with van der Waals surface area (Å²) in [4.78, 5) is 1.57. The third kappa shape index (κ3) is 1.91. The van der Waals surface area contributed by atoms with Crippen LogP contribution in [-0.2, 0) is 4.74 Å². The Hall–Kier alpha value is -0.160. The molecule has 0 unspecified atom stereocenters. The molecule has 1 aliphatic rings. The van der Waals surface area contributed by atoms with Gasteiger partial charge in [-0.3, -0.25) is 0 Å². The van der Waals surface area contributed by atoms with Crippen LogP contribution in [0.1, 0.15) is 6.92 Å². The van der Waals surface area contributed by atoms with Crippen molar-refractivity contribution in [2.24, 2.45) is 0 Å². The van der Waals surface area contributed by atoms with Crippen LogP contribution in [0.2, 0.25) is 0 Å². The predicted octanol–water partition coefficient (Wildman–Crippen LogP) is -1.02. The van der Waals surface area contributed by atoms with Gasteiger partial charge in [-0.1, -0.05) is 0 Å². The van der Waals surface area contributed by atoms with Crippen molar-refractivity contribution in [1.29, 1.82) is 0 Å². The maximum absolute atomic E-state index is 9.07. The number of rotatable bonds is 1. The van der Waals surface area contributed by atoms with Gasteiger partial charge < -0.3 is 14.9 Å². The predicted molar refractivity (Wildman–Crippen MR) is 35.2 cm³/mol. The lowest BCUT2D eigenvalue weighted by atomic mass is 10.4. The van der Waals surface area contributed by atoms with Gasteiger partial charge in [-0.25, -0.2) is 4.90 Å². The van der Waals surface area contributed by atoms with E-state index in [1.165, 1.54) is 6.92 Å². The van der Waals surface area contributed by atoms with E-state index in [9.17, 15) is 0 Å². The molecule has 1 aliphatic heterocycles. The first-order chi connectivity index (χ1) is 4.61. The lowest BCUT2D eigenvalue weighted by Gasteiger charge is -2.34. The summed E-state index contributed by atoms with van der Waals surface area (Å²) in [7, 11) is 0. The summed E-state index contributed by atoms with van der Waals surface area (Å²) in [5, 5.41) is 18.1. The summed E-state index contributed by atoms with van der Waals surface area (Å²) < 4.78 is 5.03. The quantitative estimate of drug-likeness (QED) is 0.466. The molecule has 0 radical (unpaired) electrons. The number of aliphatic hydroxyl groups is 2. The normalized spacial score (nSPS) is 23.1. The van der Waals surface area contributed by atoms with Gasteiger partial charge in [0.1, 0.15) is 0 Å². The maximum atomic E-state index is 9.07. The highest BCUT2D eigenvalue weighted by molar-refractivity contribution is 4.66. The molecule has 2 N–H and O–H groups in total. The topological polar surface area (TPSA) is 52.9 Å². The minimum Gasteiger partial charge on any atom is -0.379 e. The van der Waals surface area contributed by atoms with Gasteiger partial charge in [0.05, 0.1) is 13.2 Å². The molecule has 0 aromatic carbocycles. The van der Waals surface area contributed by atoms with E-state index in [-0.39, 0.29) is 0 Å². The molecule has 0 bridgehead atoms. The standard InChI is InChI=1S/C6H13NO3/c1-6(8,9)7-2-4-10-5-3-7/h8-9H,2-5H2,1H3. The summed E-state index contributed by atoms with van der Waals surface area (Å²) in [5.41, 5.74) is 0. The summed E-state index contributed by atoms with van der Waals surface area (Å²) in [6.07, 6.45) is 0. The molecule has 1 rings (SSSR count). The zero-order valence-electron chi connectivity index (χ0n) is 6.08. The molecule has 60 valence electrons. The van der Waals surface area contributed by atoms with Gasteiger partial charge in [-0.15, -0.1) is 0 Å². The third-order valence-electron chi connectivity index (χ3n) is 1.61. The molecule has 0 spiro atoms. The fraction of sp³-hybridized carbons (Fsp3) is 1.00. The maximum Gasteiger partial charge on any atom is 0.222 e. The van der Waals surface area contributed by atoms with Crippen molar-refractivity contribution in [2.45, 2.75) is 12.8 Å². The van der Waals surface area contributed by atoms with Gasteiger partial charge in [0, 0.05) is 20.0 Å². The second-order valence-electron chi connectivity index (χ2n) is 2.57. The number of nitrogens with zero attached hydrogens (tertiary/aromatic N) is 1. The van der Waals surface area contributed by atoms with Crippen LogP contribution in [0, 0.1) is 0 Å². The van der Waals surface area contributed by atoms with Crippen LogP contribution in [0.3, 0.4) is 0 Å². The second-order valence-corrected chi connectivity index (χ2v) is 2.57. The molecule has 1 fully saturated rings. The molecule has 0 saturated carbocycles. The Labute approximate surface area is 60.0 Å². The first-order valence-corrected chi connectivity index (χ1v) is 3.38. The number of ether oxygens (including phenoxy) is 1. The molecule has 0 aromatic rings. The smallest absolute Gasteiger partial charge is 0.222 e. The molecular formula is C6H13NO3. The second kappa shape index (κ2) is 2.84. The van der Waals surface area contributed by atoms with Crippen LogP contribution in [-0.4, -0.2) is 47.3 Å². The van der Waals surface area contributed by atoms with E-state index in [2.05, 4.69) is 0 Å². The van der Waals surface area contributed by atoms with Crippen molar-refractivity contribution in [2.75, 3.05) is 26.3 Å². The Morgan fingerprint density at radius 1 is 1.30 bits per heavy atom. The average molecular weight is 147 g/mol. The van der Waals surface area contributed by atoms with Gasteiger partial charge in [-0.05, 0) is 0 Å². The molecule has 0 amide bonds. The van der Waals surface area contributed by atoms with Crippen LogP contribution in [0.25, 0.3) is 0 Å². The van der Waals surface area contributed by atoms with Crippen LogP contribution in [0.15, 0.2) is 0 Å². The fourth-order valence-electron chi connectivity index (χ4n) is 0.987. The highest BCUT2D eigenvalue weighted by Gasteiger charge is 2.26. The molecule has 0 aromatic heterocycles. The summed E-state index contributed by atoms with van der Waals surface area (Å²) >= 11 is 0. The molecule has 0 atom stereocenters. The van der Waals surface area contributed by atoms with E-state index < -0.39 is 5.91 Å². The molecular weight excluding hydrogens is 134 g/mol. The van der Waals surface area contributed by atoms with Crippen molar-refractivity contribution < 1.29 is 14.9 Å². The number of hydrogen-bond acceptors (Lipinski definition) is 4. The highest BCUT2D eigenvalue weighted by Crippen LogP contribution is 2.08. The van der Waals surface area contributed by atoms with Crippen molar-refractivity contribution in [3.05, 3.63) is 0 Å². The van der Waals surface area contributed by atoms with Crippen LogP contribution >= 0.6 is 0 Å². The molecule has 1 saturated heterocycles. The zero-order chi connectivity index (χ0) is 7.61. The Morgan fingerprint density at radius 3 is 2.10 bits per heavy atom. The van der Waals surface area contributed by atoms with Crippen molar-refractivity contribution in [1.82, 2.24) is 4.90 Å². The van der Waals surface area contributed by atoms with Gasteiger partial charge in [-0.2, -0.15) is 0 Å². The summed E-state index contributed by atoms with van der Waals surface area (Å²) in [6, 6.07) is 0. The Morgan fingerprint density at radius 2 is 1.80 bits per heavy atom. The summed E-state index contributed by atoms with van der Waals surface area (Å²) in [6.45, 7) is 3.69. The Bertz CT molecular complexity index is 104. The van der Waals surface area contributed by atoms with Crippen LogP contribution < -0.4 is 0 Å². The SMILES string of the molecule is CC(O)(O)N1CCOCC1. The van der Waals surface area contributed by atoms with Crippen molar-refractivity contribution >= 4 is 0 Å². The van der Waals surface area contributed by atoms with Gasteiger partial charge in [0.25, 0.3) is 0 Å². The molecule has 0 aliphatic carbocycles. The van der Waals surface area contributed by atoms with Crippen molar-refractivity contribution in [3.8, 4) is 0 Å². The summed E-state index contributed by atoms with van der Waals surface area (Å²) in [5.74, 6) is -1.68. The van der Waals surface area contributed by atoms with Gasteiger partial charge in [0.15, 0.2) is 0 Å². The van der Waals surface area contributed by atoms with Crippen LogP contribution in [0.4, 0.5) is 0 Å². The molecule has 4 nitrogen and oxygen atoms in total. The van der Waals surface area contributed by atoms with E-state index in [1.54, 1.807) is 4.90 Å². The zero-order valence-corrected chi connectivity index (χ0v) is 6.08. The molecule has 10 heavy (non-hydrogen) atoms. The third-order valence-corrected chi connectivity index (χ3v) is 1.61. The van der Waals surface area contributed by atoms with Gasteiger partial charge >= 0.3 is 0 Å². The number of hydrogen-bond donors (Lipinski definition) is 2. The van der Waals surface area contributed by atoms with Crippen LogP contribution in [0.5, 0.6) is 0 Å². The minimum absolute atomic E-state index is 0.580. The highest BCUT2D eigenvalue weighted by atomic mass is 16.5. The van der Waals surface area contributed by atoms with E-state index in [0.29, 0.717) is 26.3 Å². The van der Waals surface area contributed by atoms with E-state index in [0.717, 1.165) is 0 Å². The average Bonchev–Trinajstić information content (AvgIpc) is 1.88. The van der Waals surface area contributed by atoms with Gasteiger partial charge in [0.2, 0.25) is 5.91 Å². The fourth-order valence-corrected chi connectivity index (χ4v) is 0.987. The molecule has 1 heterocycles. The first-order valence-electron chi connectivity index (χ1n) is 3.38. The lowest BCUT2D eigenvalue weighted by molar-refractivity contribution is -0.263. The lowest BCUT2D eigenvalue weighted by Crippen LogP contribution is -2.51. The number of morpholine rings is 1.